The largest absolute Gasteiger partial charge is 0.492 e. The van der Waals surface area contributed by atoms with E-state index in [0.717, 1.165) is 23.1 Å². The molecule has 0 amide bonds. The highest BCUT2D eigenvalue weighted by molar-refractivity contribution is 5.37. The topological polar surface area (TPSA) is 66.0 Å². The van der Waals surface area contributed by atoms with Crippen LogP contribution in [-0.4, -0.2) is 27.9 Å². The van der Waals surface area contributed by atoms with Gasteiger partial charge in [0, 0.05) is 12.5 Å². The first-order chi connectivity index (χ1) is 9.11. The Bertz CT molecular complexity index is 531. The SMILES string of the molecule is Cc1nc(C(C)C)n(-c2ccc(OCCN)cc2)n1. The average Bonchev–Trinajstić information content (AvgIpc) is 2.79. The molecule has 0 unspecified atom stereocenters. The molecule has 2 rings (SSSR count). The van der Waals surface area contributed by atoms with Crippen LogP contribution in [0, 0.1) is 6.92 Å². The summed E-state index contributed by atoms with van der Waals surface area (Å²) < 4.78 is 7.34. The summed E-state index contributed by atoms with van der Waals surface area (Å²) in [6.45, 7) is 7.17. The van der Waals surface area contributed by atoms with Crippen molar-refractivity contribution in [1.29, 1.82) is 0 Å². The van der Waals surface area contributed by atoms with E-state index in [1.165, 1.54) is 0 Å². The van der Waals surface area contributed by atoms with Crippen molar-refractivity contribution in [2.75, 3.05) is 13.2 Å². The van der Waals surface area contributed by atoms with Crippen molar-refractivity contribution >= 4 is 0 Å². The van der Waals surface area contributed by atoms with E-state index in [9.17, 15) is 0 Å². The van der Waals surface area contributed by atoms with Gasteiger partial charge < -0.3 is 10.5 Å². The Morgan fingerprint density at radius 3 is 2.53 bits per heavy atom. The van der Waals surface area contributed by atoms with Crippen LogP contribution in [0.4, 0.5) is 0 Å². The van der Waals surface area contributed by atoms with Crippen molar-refractivity contribution in [3.8, 4) is 11.4 Å². The molecule has 1 aromatic carbocycles. The van der Waals surface area contributed by atoms with Gasteiger partial charge in [-0.3, -0.25) is 0 Å². The zero-order valence-corrected chi connectivity index (χ0v) is 11.6. The molecule has 0 aliphatic carbocycles. The lowest BCUT2D eigenvalue weighted by molar-refractivity contribution is 0.328. The Kier molecular flexibility index (Phi) is 4.16. The van der Waals surface area contributed by atoms with Crippen LogP contribution >= 0.6 is 0 Å². The molecule has 0 radical (unpaired) electrons. The predicted octanol–water partition coefficient (Wildman–Crippen LogP) is 2.04. The minimum atomic E-state index is 0.328. The third-order valence-electron chi connectivity index (χ3n) is 2.72. The van der Waals surface area contributed by atoms with E-state index in [1.54, 1.807) is 0 Å². The van der Waals surface area contributed by atoms with Crippen molar-refractivity contribution in [3.63, 3.8) is 0 Å². The Morgan fingerprint density at radius 1 is 1.26 bits per heavy atom. The van der Waals surface area contributed by atoms with E-state index in [1.807, 2.05) is 35.9 Å². The number of nitrogens with zero attached hydrogens (tertiary/aromatic N) is 3. The van der Waals surface area contributed by atoms with Crippen LogP contribution in [0.1, 0.15) is 31.4 Å². The maximum atomic E-state index is 5.46. The lowest BCUT2D eigenvalue weighted by atomic mass is 10.2. The molecule has 0 spiro atoms. The van der Waals surface area contributed by atoms with Gasteiger partial charge in [0.25, 0.3) is 0 Å². The smallest absolute Gasteiger partial charge is 0.148 e. The van der Waals surface area contributed by atoms with Gasteiger partial charge in [-0.1, -0.05) is 13.8 Å². The van der Waals surface area contributed by atoms with Crippen molar-refractivity contribution in [1.82, 2.24) is 14.8 Å². The van der Waals surface area contributed by atoms with E-state index in [2.05, 4.69) is 23.9 Å². The predicted molar refractivity (Wildman–Crippen MR) is 74.7 cm³/mol. The number of benzene rings is 1. The van der Waals surface area contributed by atoms with Gasteiger partial charge in [-0.15, -0.1) is 0 Å². The third-order valence-corrected chi connectivity index (χ3v) is 2.72. The van der Waals surface area contributed by atoms with Crippen LogP contribution in [-0.2, 0) is 0 Å². The quantitative estimate of drug-likeness (QED) is 0.893. The van der Waals surface area contributed by atoms with Gasteiger partial charge >= 0.3 is 0 Å². The lowest BCUT2D eigenvalue weighted by Crippen LogP contribution is -2.10. The van der Waals surface area contributed by atoms with Crippen LogP contribution < -0.4 is 10.5 Å². The zero-order chi connectivity index (χ0) is 13.8. The summed E-state index contributed by atoms with van der Waals surface area (Å²) in [7, 11) is 0. The van der Waals surface area contributed by atoms with Gasteiger partial charge in [-0.05, 0) is 31.2 Å². The molecular formula is C14H20N4O. The molecule has 2 N–H and O–H groups in total. The van der Waals surface area contributed by atoms with Gasteiger partial charge in [0.05, 0.1) is 5.69 Å². The molecule has 2 aromatic rings. The second-order valence-corrected chi connectivity index (χ2v) is 4.71. The number of aryl methyl sites for hydroxylation is 1. The number of hydrogen-bond acceptors (Lipinski definition) is 4. The summed E-state index contributed by atoms with van der Waals surface area (Å²) in [5.41, 5.74) is 6.40. The molecule has 102 valence electrons. The Hall–Kier alpha value is -1.88. The molecule has 0 bridgehead atoms. The third kappa shape index (κ3) is 3.12. The monoisotopic (exact) mass is 260 g/mol. The van der Waals surface area contributed by atoms with Gasteiger partial charge in [-0.25, -0.2) is 9.67 Å². The molecule has 0 aliphatic rings. The normalized spacial score (nSPS) is 11.0. The number of aromatic nitrogens is 3. The van der Waals surface area contributed by atoms with Crippen LogP contribution in [0.25, 0.3) is 5.69 Å². The van der Waals surface area contributed by atoms with E-state index >= 15 is 0 Å². The molecule has 0 fully saturated rings. The fourth-order valence-electron chi connectivity index (χ4n) is 1.86. The second-order valence-electron chi connectivity index (χ2n) is 4.71. The van der Waals surface area contributed by atoms with Gasteiger partial charge in [0.2, 0.25) is 0 Å². The van der Waals surface area contributed by atoms with E-state index < -0.39 is 0 Å². The fraction of sp³-hybridized carbons (Fsp3) is 0.429. The lowest BCUT2D eigenvalue weighted by Gasteiger charge is -2.09. The zero-order valence-electron chi connectivity index (χ0n) is 11.6. The van der Waals surface area contributed by atoms with Crippen molar-refractivity contribution < 1.29 is 4.74 Å². The van der Waals surface area contributed by atoms with Crippen LogP contribution in [0.15, 0.2) is 24.3 Å². The van der Waals surface area contributed by atoms with Crippen LogP contribution in [0.3, 0.4) is 0 Å². The van der Waals surface area contributed by atoms with Crippen molar-refractivity contribution in [2.45, 2.75) is 26.7 Å². The minimum Gasteiger partial charge on any atom is -0.492 e. The van der Waals surface area contributed by atoms with Gasteiger partial charge in [0.1, 0.15) is 24.0 Å². The van der Waals surface area contributed by atoms with Crippen molar-refractivity contribution in [3.05, 3.63) is 35.9 Å². The van der Waals surface area contributed by atoms with E-state index in [4.69, 9.17) is 10.5 Å². The highest BCUT2D eigenvalue weighted by atomic mass is 16.5. The van der Waals surface area contributed by atoms with Crippen molar-refractivity contribution in [2.24, 2.45) is 5.73 Å². The van der Waals surface area contributed by atoms with E-state index in [0.29, 0.717) is 19.1 Å². The first-order valence-electron chi connectivity index (χ1n) is 6.48. The molecular weight excluding hydrogens is 240 g/mol. The molecule has 0 saturated carbocycles. The summed E-state index contributed by atoms with van der Waals surface area (Å²) in [6, 6.07) is 7.80. The molecule has 5 heteroatoms. The molecule has 1 aromatic heterocycles. The average molecular weight is 260 g/mol. The number of nitrogens with two attached hydrogens (primary N) is 1. The molecule has 0 saturated heterocycles. The standard InChI is InChI=1S/C14H20N4O/c1-10(2)14-16-11(3)17-18(14)12-4-6-13(7-5-12)19-9-8-15/h4-7,10H,8-9,15H2,1-3H3. The molecule has 0 atom stereocenters. The molecule has 1 heterocycles. The first kappa shape index (κ1) is 13.5. The first-order valence-corrected chi connectivity index (χ1v) is 6.48. The molecule has 19 heavy (non-hydrogen) atoms. The minimum absolute atomic E-state index is 0.328. The summed E-state index contributed by atoms with van der Waals surface area (Å²) >= 11 is 0. The summed E-state index contributed by atoms with van der Waals surface area (Å²) in [5.74, 6) is 2.90. The second kappa shape index (κ2) is 5.84. The molecule has 5 nitrogen and oxygen atoms in total. The maximum Gasteiger partial charge on any atom is 0.148 e. The highest BCUT2D eigenvalue weighted by Gasteiger charge is 2.12. The summed E-state index contributed by atoms with van der Waals surface area (Å²) in [4.78, 5) is 4.46. The Labute approximate surface area is 113 Å². The number of rotatable bonds is 5. The van der Waals surface area contributed by atoms with Crippen LogP contribution in [0.5, 0.6) is 5.75 Å². The molecule has 0 aliphatic heterocycles. The maximum absolute atomic E-state index is 5.46. The van der Waals surface area contributed by atoms with Gasteiger partial charge in [-0.2, -0.15) is 5.10 Å². The number of hydrogen-bond donors (Lipinski definition) is 1. The highest BCUT2D eigenvalue weighted by Crippen LogP contribution is 2.19. The van der Waals surface area contributed by atoms with Crippen LogP contribution in [0.2, 0.25) is 0 Å². The van der Waals surface area contributed by atoms with E-state index in [-0.39, 0.29) is 0 Å². The Morgan fingerprint density at radius 2 is 1.95 bits per heavy atom. The fourth-order valence-corrected chi connectivity index (χ4v) is 1.86. The van der Waals surface area contributed by atoms with Gasteiger partial charge in [0.15, 0.2) is 0 Å². The summed E-state index contributed by atoms with van der Waals surface area (Å²) in [6.07, 6.45) is 0. The summed E-state index contributed by atoms with van der Waals surface area (Å²) in [5, 5.41) is 4.44. The Balaban J connectivity index is 2.27. The number of ether oxygens (including phenoxy) is 1.